The van der Waals surface area contributed by atoms with Crippen LogP contribution in [-0.2, 0) is 5.41 Å². The first-order chi connectivity index (χ1) is 28.5. The molecule has 0 N–H and O–H groups in total. The summed E-state index contributed by atoms with van der Waals surface area (Å²) in [6, 6.07) is 67.9. The number of benzene rings is 9. The highest BCUT2D eigenvalue weighted by Crippen LogP contribution is 2.51. The van der Waals surface area contributed by atoms with Gasteiger partial charge in [0.25, 0.3) is 0 Å². The quantitative estimate of drug-likeness (QED) is 0.176. The first-order valence-electron chi connectivity index (χ1n) is 20.0. The number of furan rings is 2. The average Bonchev–Trinajstić information content (AvgIpc) is 3.90. The predicted octanol–water partition coefficient (Wildman–Crippen LogP) is 15.7. The van der Waals surface area contributed by atoms with Crippen molar-refractivity contribution < 1.29 is 8.83 Å². The van der Waals surface area contributed by atoms with E-state index in [4.69, 9.17) is 8.83 Å². The second kappa shape index (κ2) is 12.3. The van der Waals surface area contributed by atoms with E-state index >= 15 is 0 Å². The topological polar surface area (TPSA) is 29.5 Å². The van der Waals surface area contributed by atoms with Gasteiger partial charge in [-0.2, -0.15) is 0 Å². The molecule has 2 aromatic heterocycles. The van der Waals surface area contributed by atoms with Gasteiger partial charge in [-0.15, -0.1) is 0 Å². The molecule has 58 heavy (non-hydrogen) atoms. The van der Waals surface area contributed by atoms with Crippen LogP contribution in [0.1, 0.15) is 25.0 Å². The minimum atomic E-state index is -0.138. The van der Waals surface area contributed by atoms with Crippen LogP contribution in [0.4, 0.5) is 17.1 Å². The Bertz CT molecular complexity index is 3440. The highest BCUT2D eigenvalue weighted by atomic mass is 16.3. The van der Waals surface area contributed by atoms with Crippen LogP contribution in [-0.4, -0.2) is 0 Å². The zero-order valence-electron chi connectivity index (χ0n) is 32.2. The third kappa shape index (κ3) is 4.86. The minimum absolute atomic E-state index is 0.138. The molecule has 1 aliphatic carbocycles. The number of nitrogens with zero attached hydrogens (tertiary/aromatic N) is 1. The molecule has 0 amide bonds. The standard InChI is InChI=1S/C55H37NO2/c1-55(2)47-18-8-5-15-42(47)43-28-27-39(33-48(43)55)56(38-25-22-34(23-26-38)41-17-11-21-52-54(41)44-16-7-10-20-50(44)57-52)49-19-9-6-14-40(49)37-24-29-51-45(31-37)46-30-35-12-3-4-13-36(35)32-53(46)58-51/h3-33H,1-2H3. The zero-order chi connectivity index (χ0) is 38.5. The van der Waals surface area contributed by atoms with Gasteiger partial charge in [0.2, 0.25) is 0 Å². The summed E-state index contributed by atoms with van der Waals surface area (Å²) in [5.74, 6) is 0. The molecular formula is C55H37NO2. The molecule has 0 saturated heterocycles. The van der Waals surface area contributed by atoms with Gasteiger partial charge in [-0.3, -0.25) is 0 Å². The molecule has 0 saturated carbocycles. The van der Waals surface area contributed by atoms with Crippen molar-refractivity contribution in [1.29, 1.82) is 0 Å². The highest BCUT2D eigenvalue weighted by Gasteiger charge is 2.36. The van der Waals surface area contributed by atoms with E-state index in [1.54, 1.807) is 0 Å². The van der Waals surface area contributed by atoms with Crippen molar-refractivity contribution in [3.05, 3.63) is 199 Å². The van der Waals surface area contributed by atoms with Gasteiger partial charge >= 0.3 is 0 Å². The number of rotatable bonds is 5. The van der Waals surface area contributed by atoms with Gasteiger partial charge in [0, 0.05) is 43.9 Å². The molecule has 0 spiro atoms. The maximum absolute atomic E-state index is 6.43. The lowest BCUT2D eigenvalue weighted by Gasteiger charge is -2.30. The molecule has 3 heteroatoms. The first kappa shape index (κ1) is 32.8. The van der Waals surface area contributed by atoms with Crippen molar-refractivity contribution >= 4 is 71.7 Å². The number of para-hydroxylation sites is 2. The Kier molecular flexibility index (Phi) is 6.98. The van der Waals surface area contributed by atoms with E-state index in [2.05, 4.69) is 195 Å². The lowest BCUT2D eigenvalue weighted by Crippen LogP contribution is -2.16. The SMILES string of the molecule is CC1(C)c2ccccc2-c2ccc(N(c3ccc(-c4cccc5oc6ccccc6c45)cc3)c3ccccc3-c3ccc4oc5cc6ccccc6cc5c4c3)cc21. The van der Waals surface area contributed by atoms with Crippen molar-refractivity contribution in [2.24, 2.45) is 0 Å². The molecular weight excluding hydrogens is 707 g/mol. The Morgan fingerprint density at radius 1 is 0.379 bits per heavy atom. The Balaban J connectivity index is 1.04. The maximum atomic E-state index is 6.43. The van der Waals surface area contributed by atoms with Crippen molar-refractivity contribution in [2.75, 3.05) is 4.90 Å². The second-order valence-corrected chi connectivity index (χ2v) is 16.1. The van der Waals surface area contributed by atoms with Crippen LogP contribution in [0.15, 0.2) is 197 Å². The number of anilines is 3. The van der Waals surface area contributed by atoms with E-state index < -0.39 is 0 Å². The van der Waals surface area contributed by atoms with Crippen LogP contribution >= 0.6 is 0 Å². The van der Waals surface area contributed by atoms with Crippen LogP contribution < -0.4 is 4.90 Å². The van der Waals surface area contributed by atoms with Crippen LogP contribution in [0.25, 0.3) is 88.0 Å². The number of hydrogen-bond acceptors (Lipinski definition) is 3. The fourth-order valence-electron chi connectivity index (χ4n) is 9.61. The summed E-state index contributed by atoms with van der Waals surface area (Å²) in [6.07, 6.45) is 0. The normalized spacial score (nSPS) is 13.1. The highest BCUT2D eigenvalue weighted by molar-refractivity contribution is 6.13. The lowest BCUT2D eigenvalue weighted by molar-refractivity contribution is 0.660. The third-order valence-electron chi connectivity index (χ3n) is 12.5. The second-order valence-electron chi connectivity index (χ2n) is 16.1. The molecule has 0 bridgehead atoms. The van der Waals surface area contributed by atoms with Gasteiger partial charge < -0.3 is 13.7 Å². The summed E-state index contributed by atoms with van der Waals surface area (Å²) < 4.78 is 12.7. The summed E-state index contributed by atoms with van der Waals surface area (Å²) >= 11 is 0. The molecule has 274 valence electrons. The monoisotopic (exact) mass is 743 g/mol. The summed E-state index contributed by atoms with van der Waals surface area (Å²) in [4.78, 5) is 2.43. The van der Waals surface area contributed by atoms with Crippen molar-refractivity contribution in [2.45, 2.75) is 19.3 Å². The fourth-order valence-corrected chi connectivity index (χ4v) is 9.61. The molecule has 0 fully saturated rings. The van der Waals surface area contributed by atoms with E-state index in [1.807, 2.05) is 12.1 Å². The van der Waals surface area contributed by atoms with E-state index in [9.17, 15) is 0 Å². The molecule has 9 aromatic carbocycles. The number of hydrogen-bond donors (Lipinski definition) is 0. The molecule has 0 atom stereocenters. The van der Waals surface area contributed by atoms with E-state index in [0.29, 0.717) is 0 Å². The molecule has 11 aromatic rings. The van der Waals surface area contributed by atoms with Gasteiger partial charge in [-0.05, 0) is 116 Å². The van der Waals surface area contributed by atoms with Gasteiger partial charge in [0.15, 0.2) is 0 Å². The van der Waals surface area contributed by atoms with Crippen molar-refractivity contribution in [1.82, 2.24) is 0 Å². The van der Waals surface area contributed by atoms with Crippen LogP contribution in [0.5, 0.6) is 0 Å². The van der Waals surface area contributed by atoms with Gasteiger partial charge in [0.1, 0.15) is 22.3 Å². The summed E-state index contributed by atoms with van der Waals surface area (Å²) in [7, 11) is 0. The summed E-state index contributed by atoms with van der Waals surface area (Å²) in [5.41, 5.74) is 16.7. The number of fused-ring (bicyclic) bond motifs is 10. The van der Waals surface area contributed by atoms with Crippen LogP contribution in [0.3, 0.4) is 0 Å². The zero-order valence-corrected chi connectivity index (χ0v) is 32.2. The average molecular weight is 744 g/mol. The van der Waals surface area contributed by atoms with E-state index in [-0.39, 0.29) is 5.41 Å². The van der Waals surface area contributed by atoms with Crippen LogP contribution in [0, 0.1) is 0 Å². The Hall–Kier alpha value is -7.36. The first-order valence-corrected chi connectivity index (χ1v) is 20.0. The smallest absolute Gasteiger partial charge is 0.136 e. The Morgan fingerprint density at radius 3 is 1.88 bits per heavy atom. The van der Waals surface area contributed by atoms with Gasteiger partial charge in [-0.25, -0.2) is 0 Å². The fraction of sp³-hybridized carbons (Fsp3) is 0.0545. The van der Waals surface area contributed by atoms with Crippen molar-refractivity contribution in [3.63, 3.8) is 0 Å². The molecule has 3 nitrogen and oxygen atoms in total. The lowest BCUT2D eigenvalue weighted by atomic mass is 9.82. The Morgan fingerprint density at radius 2 is 1.00 bits per heavy atom. The van der Waals surface area contributed by atoms with E-state index in [0.717, 1.165) is 83.2 Å². The largest absolute Gasteiger partial charge is 0.456 e. The van der Waals surface area contributed by atoms with Gasteiger partial charge in [0.05, 0.1) is 5.69 Å². The summed E-state index contributed by atoms with van der Waals surface area (Å²) in [6.45, 7) is 4.70. The third-order valence-corrected chi connectivity index (χ3v) is 12.5. The van der Waals surface area contributed by atoms with E-state index in [1.165, 1.54) is 33.0 Å². The van der Waals surface area contributed by atoms with Crippen molar-refractivity contribution in [3.8, 4) is 33.4 Å². The molecule has 1 aliphatic rings. The summed E-state index contributed by atoms with van der Waals surface area (Å²) in [5, 5.41) is 6.89. The molecule has 12 rings (SSSR count). The minimum Gasteiger partial charge on any atom is -0.456 e. The van der Waals surface area contributed by atoms with Gasteiger partial charge in [-0.1, -0.05) is 135 Å². The molecule has 0 aliphatic heterocycles. The molecule has 0 radical (unpaired) electrons. The maximum Gasteiger partial charge on any atom is 0.136 e. The Labute approximate surface area is 336 Å². The molecule has 2 heterocycles. The predicted molar refractivity (Wildman–Crippen MR) is 242 cm³/mol. The van der Waals surface area contributed by atoms with Crippen LogP contribution in [0.2, 0.25) is 0 Å². The molecule has 0 unspecified atom stereocenters.